The Balaban J connectivity index is 1.43. The molecule has 364 valence electrons. The molecule has 6 atom stereocenters. The summed E-state index contributed by atoms with van der Waals surface area (Å²) in [4.78, 5) is 45.5. The lowest BCUT2D eigenvalue weighted by molar-refractivity contribution is -0.384. The zero-order chi connectivity index (χ0) is 48.6. The van der Waals surface area contributed by atoms with Gasteiger partial charge < -0.3 is 44.0 Å². The molecule has 3 N–H and O–H groups in total. The summed E-state index contributed by atoms with van der Waals surface area (Å²) in [7, 11) is 0. The lowest BCUT2D eigenvalue weighted by Crippen LogP contribution is -2.70. The third-order valence-corrected chi connectivity index (χ3v) is 13.0. The average molecular weight is 944 g/mol. The second-order valence-electron chi connectivity index (χ2n) is 17.4. The highest BCUT2D eigenvalue weighted by molar-refractivity contribution is 6.03. The molecule has 7 rings (SSSR count). The van der Waals surface area contributed by atoms with Crippen molar-refractivity contribution in [1.82, 2.24) is 4.90 Å². The summed E-state index contributed by atoms with van der Waals surface area (Å²) < 4.78 is 26.7. The van der Waals surface area contributed by atoms with Crippen LogP contribution in [0.4, 0.5) is 5.69 Å². The van der Waals surface area contributed by atoms with Crippen molar-refractivity contribution in [2.45, 2.75) is 69.3 Å². The first kappa shape index (κ1) is 50.4. The molecule has 0 saturated heterocycles. The molecule has 0 bridgehead atoms. The molecule has 0 unspecified atom stereocenters. The van der Waals surface area contributed by atoms with Crippen molar-refractivity contribution in [2.24, 2.45) is 22.9 Å². The first-order chi connectivity index (χ1) is 33.7. The molecular formula is C54H61N3O12. The van der Waals surface area contributed by atoms with E-state index in [1.54, 1.807) is 59.5 Å². The number of nitro benzene ring substituents is 1. The van der Waals surface area contributed by atoms with Gasteiger partial charge in [-0.1, -0.05) is 72.6 Å². The van der Waals surface area contributed by atoms with Gasteiger partial charge in [-0.2, -0.15) is 0 Å². The van der Waals surface area contributed by atoms with Crippen molar-refractivity contribution in [2.75, 3.05) is 46.2 Å². The Morgan fingerprint density at radius 2 is 1.67 bits per heavy atom. The van der Waals surface area contributed by atoms with Crippen molar-refractivity contribution in [3.8, 4) is 17.2 Å². The molecule has 0 aromatic heterocycles. The van der Waals surface area contributed by atoms with E-state index in [-0.39, 0.29) is 82.7 Å². The van der Waals surface area contributed by atoms with Crippen LogP contribution in [-0.2, 0) is 25.7 Å². The molecule has 0 spiro atoms. The Kier molecular flexibility index (Phi) is 18.0. The van der Waals surface area contributed by atoms with Crippen LogP contribution >= 0.6 is 0 Å². The highest BCUT2D eigenvalue weighted by atomic mass is 16.7. The summed E-state index contributed by atoms with van der Waals surface area (Å²) in [6.45, 7) is 4.26. The number of hydrogen-bond acceptors (Lipinski definition) is 13. The van der Waals surface area contributed by atoms with Gasteiger partial charge in [-0.15, -0.1) is 6.58 Å². The zero-order valence-electron chi connectivity index (χ0n) is 38.7. The van der Waals surface area contributed by atoms with E-state index in [9.17, 15) is 35.0 Å². The number of aliphatic hydroxyl groups is 3. The first-order valence-corrected chi connectivity index (χ1v) is 23.6. The molecule has 0 radical (unpaired) electrons. The van der Waals surface area contributed by atoms with Crippen molar-refractivity contribution in [3.63, 3.8) is 0 Å². The minimum Gasteiger partial charge on any atom is -0.459 e. The number of nitro groups is 1. The van der Waals surface area contributed by atoms with Crippen molar-refractivity contribution < 1.29 is 53.6 Å². The molecule has 4 aromatic rings. The van der Waals surface area contributed by atoms with E-state index in [1.807, 2.05) is 42.5 Å². The maximum atomic E-state index is 15.0. The molecule has 4 aromatic carbocycles. The third-order valence-electron chi connectivity index (χ3n) is 13.0. The van der Waals surface area contributed by atoms with Crippen LogP contribution in [0.25, 0.3) is 6.08 Å². The molecule has 15 heteroatoms. The first-order valence-electron chi connectivity index (χ1n) is 23.6. The second-order valence-corrected chi connectivity index (χ2v) is 17.4. The second kappa shape index (κ2) is 24.7. The number of unbranched alkanes of at least 4 members (excludes halogenated alkanes) is 2. The number of aldehydes is 1. The van der Waals surface area contributed by atoms with E-state index in [0.29, 0.717) is 46.9 Å². The number of fused-ring (bicyclic) bond motifs is 2. The van der Waals surface area contributed by atoms with E-state index in [4.69, 9.17) is 28.9 Å². The van der Waals surface area contributed by atoms with Gasteiger partial charge in [-0.25, -0.2) is 0 Å². The Labute approximate surface area is 402 Å². The summed E-state index contributed by atoms with van der Waals surface area (Å²) in [6.07, 6.45) is 12.0. The summed E-state index contributed by atoms with van der Waals surface area (Å²) in [6, 6.07) is 27.2. The van der Waals surface area contributed by atoms with Crippen LogP contribution in [0.1, 0.15) is 77.9 Å². The molecule has 15 nitrogen and oxygen atoms in total. The Bertz CT molecular complexity index is 2460. The number of carbonyl (C=O) groups is 2. The number of hydrogen-bond donors (Lipinski definition) is 3. The number of aliphatic hydroxyl groups excluding tert-OH is 3. The van der Waals surface area contributed by atoms with Crippen LogP contribution in [0.5, 0.6) is 17.2 Å². The molecule has 1 amide bonds. The van der Waals surface area contributed by atoms with Gasteiger partial charge >= 0.3 is 0 Å². The molecule has 1 fully saturated rings. The number of ether oxygens (including phenoxy) is 4. The minimum absolute atomic E-state index is 0.0199. The molecule has 1 saturated carbocycles. The van der Waals surface area contributed by atoms with Crippen LogP contribution in [-0.4, -0.2) is 101 Å². The lowest BCUT2D eigenvalue weighted by atomic mass is 9.55. The summed E-state index contributed by atoms with van der Waals surface area (Å²) in [5, 5.41) is 46.0. The van der Waals surface area contributed by atoms with E-state index >= 15 is 0 Å². The number of amides is 1. The highest BCUT2D eigenvalue weighted by Crippen LogP contribution is 2.62. The predicted molar refractivity (Wildman–Crippen MR) is 260 cm³/mol. The molecule has 1 aliphatic heterocycles. The summed E-state index contributed by atoms with van der Waals surface area (Å²) >= 11 is 0. The molecular weight excluding hydrogens is 883 g/mol. The van der Waals surface area contributed by atoms with Crippen LogP contribution in [0.3, 0.4) is 0 Å². The number of non-ortho nitro benzene ring substituents is 1. The maximum Gasteiger partial charge on any atom is 0.269 e. The van der Waals surface area contributed by atoms with Gasteiger partial charge in [0.15, 0.2) is 0 Å². The fourth-order valence-electron chi connectivity index (χ4n) is 9.98. The Morgan fingerprint density at radius 1 is 0.899 bits per heavy atom. The van der Waals surface area contributed by atoms with Gasteiger partial charge in [0.2, 0.25) is 11.7 Å². The van der Waals surface area contributed by atoms with Crippen molar-refractivity contribution in [1.29, 1.82) is 0 Å². The predicted octanol–water partition coefficient (Wildman–Crippen LogP) is 8.58. The summed E-state index contributed by atoms with van der Waals surface area (Å²) in [5.41, 5.74) is 4.16. The van der Waals surface area contributed by atoms with Crippen molar-refractivity contribution >= 4 is 29.7 Å². The number of nitrogens with zero attached hydrogens (tertiary/aromatic N) is 3. The average Bonchev–Trinajstić information content (AvgIpc) is 3.37. The molecule has 69 heavy (non-hydrogen) atoms. The zero-order valence-corrected chi connectivity index (χ0v) is 38.7. The van der Waals surface area contributed by atoms with E-state index in [1.165, 1.54) is 18.2 Å². The van der Waals surface area contributed by atoms with Gasteiger partial charge in [0, 0.05) is 61.4 Å². The Morgan fingerprint density at radius 3 is 2.39 bits per heavy atom. The van der Waals surface area contributed by atoms with Crippen LogP contribution in [0, 0.1) is 27.9 Å². The topological polar surface area (TPSA) is 200 Å². The maximum absolute atomic E-state index is 15.0. The number of rotatable bonds is 26. The third kappa shape index (κ3) is 12.2. The standard InChI is InChI=1S/C54H61N3O12/c1-2-29-66-54-50(56(25-30-65-31-28-60)51(62)24-19-38-17-20-42(21-18-38)57(63)64)35-48(55-67-37-39-11-4-3-5-12-39)46-33-41(14-6-8-26-58)45(16-7-9-27-59)52(53(46)54)47-34-44(22-23-49(47)69-54)68-43-15-10-13-40(32-43)36-61/h2-5,10-13,15,17-24,32-34,36,41,45,50,52-53,58-60H,1,6-9,14,16,25-31,35,37H2/t41-,45+,50-,52+,53+,54+/m0/s1. The summed E-state index contributed by atoms with van der Waals surface area (Å²) in [5.74, 6) is -1.52. The quantitative estimate of drug-likeness (QED) is 0.0136. The van der Waals surface area contributed by atoms with Gasteiger partial charge in [0.05, 0.1) is 43.0 Å². The van der Waals surface area contributed by atoms with Gasteiger partial charge in [-0.05, 0) is 103 Å². The Hall–Kier alpha value is -6.49. The molecule has 1 heterocycles. The highest BCUT2D eigenvalue weighted by Gasteiger charge is 2.65. The lowest BCUT2D eigenvalue weighted by Gasteiger charge is -2.60. The number of allylic oxidation sites excluding steroid dienone is 1. The minimum atomic E-state index is -1.57. The van der Waals surface area contributed by atoms with Crippen LogP contribution in [0.2, 0.25) is 0 Å². The normalized spacial score (nSPS) is 21.9. The van der Waals surface area contributed by atoms with E-state index < -0.39 is 28.6 Å². The fourth-order valence-corrected chi connectivity index (χ4v) is 9.98. The van der Waals surface area contributed by atoms with Gasteiger partial charge in [0.1, 0.15) is 36.2 Å². The molecule has 3 aliphatic rings. The fraction of sp³-hybridized carbons (Fsp3) is 0.389. The largest absolute Gasteiger partial charge is 0.459 e. The van der Waals surface area contributed by atoms with Gasteiger partial charge in [-0.3, -0.25) is 19.7 Å². The van der Waals surface area contributed by atoms with E-state index in [0.717, 1.165) is 48.7 Å². The monoisotopic (exact) mass is 943 g/mol. The number of oxime groups is 1. The van der Waals surface area contributed by atoms with Crippen LogP contribution in [0.15, 0.2) is 133 Å². The molecule has 2 aliphatic carbocycles. The van der Waals surface area contributed by atoms with Crippen molar-refractivity contribution in [3.05, 3.63) is 160 Å². The number of benzene rings is 4. The van der Waals surface area contributed by atoms with Crippen LogP contribution < -0.4 is 9.47 Å². The smallest absolute Gasteiger partial charge is 0.269 e. The van der Waals surface area contributed by atoms with Gasteiger partial charge in [0.25, 0.3) is 5.69 Å². The SMILES string of the molecule is C=CCO[C@@]12Oc3ccc(Oc4cccc(C=O)c4)cc3[C@H]3[C@H](CCCCO)[C@@H](CCCCO)C=C(C(=NOCc4ccccc4)C[C@@H]1N(CCOCCO)C(=O)C=Cc1ccc([N+](=O)[O-])cc1)[C@H]32. The number of carbonyl (C=O) groups excluding carboxylic acids is 2. The van der Waals surface area contributed by atoms with E-state index in [2.05, 4.69) is 12.7 Å².